The van der Waals surface area contributed by atoms with Crippen molar-refractivity contribution in [2.75, 3.05) is 5.32 Å². The quantitative estimate of drug-likeness (QED) is 0.821. The zero-order chi connectivity index (χ0) is 15.9. The van der Waals surface area contributed by atoms with Crippen LogP contribution in [0.3, 0.4) is 0 Å². The van der Waals surface area contributed by atoms with Crippen molar-refractivity contribution < 1.29 is 9.59 Å². The van der Waals surface area contributed by atoms with Crippen LogP contribution in [0.15, 0.2) is 29.6 Å². The van der Waals surface area contributed by atoms with Crippen LogP contribution in [0.2, 0.25) is 0 Å². The number of rotatable bonds is 7. The molecule has 0 radical (unpaired) electrons. The Hall–Kier alpha value is -2.21. The predicted octanol–water partition coefficient (Wildman–Crippen LogP) is 2.30. The van der Waals surface area contributed by atoms with Crippen molar-refractivity contribution in [2.45, 2.75) is 32.6 Å². The number of hydrogen-bond donors (Lipinski definition) is 2. The Balaban J connectivity index is 1.82. The third-order valence-corrected chi connectivity index (χ3v) is 4.03. The van der Waals surface area contributed by atoms with Crippen molar-refractivity contribution in [3.63, 3.8) is 0 Å². The van der Waals surface area contributed by atoms with E-state index in [1.807, 2.05) is 0 Å². The lowest BCUT2D eigenvalue weighted by Gasteiger charge is -2.03. The lowest BCUT2D eigenvalue weighted by molar-refractivity contribution is -0.117. The molecule has 5 nitrogen and oxygen atoms in total. The monoisotopic (exact) mass is 317 g/mol. The molecule has 2 amide bonds. The Kier molecular flexibility index (Phi) is 5.66. The molecule has 0 unspecified atom stereocenters. The minimum absolute atomic E-state index is 0.0838. The van der Waals surface area contributed by atoms with Gasteiger partial charge < -0.3 is 11.1 Å². The molecule has 0 atom stereocenters. The summed E-state index contributed by atoms with van der Waals surface area (Å²) in [6.45, 7) is 2.11. The van der Waals surface area contributed by atoms with Crippen LogP contribution in [0.4, 0.5) is 5.13 Å². The Bertz CT molecular complexity index is 650. The average Bonchev–Trinajstić information content (AvgIpc) is 2.92. The zero-order valence-electron chi connectivity index (χ0n) is 12.5. The van der Waals surface area contributed by atoms with Crippen molar-refractivity contribution in [3.05, 3.63) is 46.5 Å². The number of carbonyl (C=O) groups excluding carboxylic acids is 2. The molecular weight excluding hydrogens is 298 g/mol. The first-order valence-corrected chi connectivity index (χ1v) is 8.05. The van der Waals surface area contributed by atoms with Crippen LogP contribution in [0.5, 0.6) is 0 Å². The highest BCUT2D eigenvalue weighted by Crippen LogP contribution is 2.16. The smallest absolute Gasteiger partial charge is 0.226 e. The van der Waals surface area contributed by atoms with Gasteiger partial charge in [0, 0.05) is 11.8 Å². The van der Waals surface area contributed by atoms with Gasteiger partial charge in [-0.05, 0) is 24.0 Å². The van der Waals surface area contributed by atoms with Crippen LogP contribution < -0.4 is 11.1 Å². The third kappa shape index (κ3) is 4.96. The van der Waals surface area contributed by atoms with Gasteiger partial charge in [0.15, 0.2) is 5.13 Å². The van der Waals surface area contributed by atoms with E-state index in [0.717, 1.165) is 12.0 Å². The second kappa shape index (κ2) is 7.70. The van der Waals surface area contributed by atoms with E-state index in [1.54, 1.807) is 5.38 Å². The van der Waals surface area contributed by atoms with Crippen LogP contribution in [-0.4, -0.2) is 16.8 Å². The molecule has 22 heavy (non-hydrogen) atoms. The normalized spacial score (nSPS) is 10.4. The van der Waals surface area contributed by atoms with Gasteiger partial charge in [0.2, 0.25) is 11.8 Å². The van der Waals surface area contributed by atoms with Gasteiger partial charge in [0.05, 0.1) is 12.1 Å². The number of aryl methyl sites for hydroxylation is 2. The predicted molar refractivity (Wildman–Crippen MR) is 87.8 cm³/mol. The van der Waals surface area contributed by atoms with E-state index in [9.17, 15) is 9.59 Å². The van der Waals surface area contributed by atoms with Gasteiger partial charge in [-0.3, -0.25) is 9.59 Å². The summed E-state index contributed by atoms with van der Waals surface area (Å²) in [5.41, 5.74) is 8.12. The second-order valence-corrected chi connectivity index (χ2v) is 5.86. The highest BCUT2D eigenvalue weighted by molar-refractivity contribution is 7.13. The summed E-state index contributed by atoms with van der Waals surface area (Å²) >= 11 is 1.30. The third-order valence-electron chi connectivity index (χ3n) is 3.23. The number of nitrogens with two attached hydrogens (primary N) is 1. The topological polar surface area (TPSA) is 85.1 Å². The molecule has 1 aromatic heterocycles. The number of anilines is 1. The maximum absolute atomic E-state index is 11.9. The van der Waals surface area contributed by atoms with E-state index in [1.165, 1.54) is 16.9 Å². The first-order chi connectivity index (χ1) is 10.6. The summed E-state index contributed by atoms with van der Waals surface area (Å²) in [5.74, 6) is -0.516. The number of nitrogens with zero attached hydrogens (tertiary/aromatic N) is 1. The van der Waals surface area contributed by atoms with Crippen LogP contribution in [-0.2, 0) is 28.9 Å². The zero-order valence-corrected chi connectivity index (χ0v) is 13.3. The van der Waals surface area contributed by atoms with Gasteiger partial charge in [-0.25, -0.2) is 4.98 Å². The van der Waals surface area contributed by atoms with Gasteiger partial charge in [0.25, 0.3) is 0 Å². The number of hydrogen-bond acceptors (Lipinski definition) is 4. The number of primary amides is 1. The van der Waals surface area contributed by atoms with E-state index in [2.05, 4.69) is 41.5 Å². The fourth-order valence-electron chi connectivity index (χ4n) is 2.01. The number of nitrogens with one attached hydrogen (secondary N) is 1. The van der Waals surface area contributed by atoms with Crippen LogP contribution in [0.25, 0.3) is 0 Å². The maximum atomic E-state index is 11.9. The molecule has 3 N–H and O–H groups in total. The molecule has 1 heterocycles. The van der Waals surface area contributed by atoms with Crippen molar-refractivity contribution in [2.24, 2.45) is 5.73 Å². The van der Waals surface area contributed by atoms with E-state index in [4.69, 9.17) is 5.73 Å². The molecule has 2 rings (SSSR count). The van der Waals surface area contributed by atoms with Gasteiger partial charge in [-0.1, -0.05) is 31.2 Å². The molecule has 0 bridgehead atoms. The molecular formula is C16H19N3O2S. The molecule has 0 aliphatic carbocycles. The van der Waals surface area contributed by atoms with Crippen molar-refractivity contribution in [1.82, 2.24) is 4.98 Å². The lowest BCUT2D eigenvalue weighted by Crippen LogP contribution is -2.14. The SMILES string of the molecule is CCc1ccc(CCC(=O)Nc2nc(CC(N)=O)cs2)cc1. The molecule has 0 aliphatic rings. The molecule has 0 saturated heterocycles. The second-order valence-electron chi connectivity index (χ2n) is 5.01. The highest BCUT2D eigenvalue weighted by Gasteiger charge is 2.08. The van der Waals surface area contributed by atoms with E-state index >= 15 is 0 Å². The summed E-state index contributed by atoms with van der Waals surface area (Å²) in [4.78, 5) is 26.9. The molecule has 0 fully saturated rings. The Morgan fingerprint density at radius 1 is 1.23 bits per heavy atom. The molecule has 0 spiro atoms. The minimum Gasteiger partial charge on any atom is -0.369 e. The van der Waals surface area contributed by atoms with Crippen LogP contribution >= 0.6 is 11.3 Å². The molecule has 116 valence electrons. The number of amides is 2. The number of benzene rings is 1. The molecule has 1 aromatic carbocycles. The van der Waals surface area contributed by atoms with Crippen molar-refractivity contribution in [3.8, 4) is 0 Å². The Morgan fingerprint density at radius 3 is 2.55 bits per heavy atom. The Morgan fingerprint density at radius 2 is 1.91 bits per heavy atom. The summed E-state index contributed by atoms with van der Waals surface area (Å²) in [7, 11) is 0. The van der Waals surface area contributed by atoms with E-state index in [-0.39, 0.29) is 12.3 Å². The van der Waals surface area contributed by atoms with Gasteiger partial charge >= 0.3 is 0 Å². The number of thiazole rings is 1. The summed E-state index contributed by atoms with van der Waals surface area (Å²) in [6, 6.07) is 8.29. The number of aromatic nitrogens is 1. The fourth-order valence-corrected chi connectivity index (χ4v) is 2.73. The first-order valence-electron chi connectivity index (χ1n) is 7.17. The van der Waals surface area contributed by atoms with Crippen LogP contribution in [0.1, 0.15) is 30.2 Å². The lowest BCUT2D eigenvalue weighted by atomic mass is 10.1. The summed E-state index contributed by atoms with van der Waals surface area (Å²) < 4.78 is 0. The first kappa shape index (κ1) is 16.2. The summed E-state index contributed by atoms with van der Waals surface area (Å²) in [6.07, 6.45) is 2.19. The van der Waals surface area contributed by atoms with Gasteiger partial charge in [0.1, 0.15) is 0 Å². The molecule has 6 heteroatoms. The van der Waals surface area contributed by atoms with Gasteiger partial charge in [-0.2, -0.15) is 0 Å². The average molecular weight is 317 g/mol. The summed E-state index contributed by atoms with van der Waals surface area (Å²) in [5, 5.41) is 4.97. The molecule has 0 saturated carbocycles. The van der Waals surface area contributed by atoms with Gasteiger partial charge in [-0.15, -0.1) is 11.3 Å². The molecule has 0 aliphatic heterocycles. The minimum atomic E-state index is -0.432. The standard InChI is InChI=1S/C16H19N3O2S/c1-2-11-3-5-12(6-4-11)7-8-15(21)19-16-18-13(10-22-16)9-14(17)20/h3-6,10H,2,7-9H2,1H3,(H2,17,20)(H,18,19,21). The number of carbonyl (C=O) groups is 2. The molecule has 2 aromatic rings. The highest BCUT2D eigenvalue weighted by atomic mass is 32.1. The fraction of sp³-hybridized carbons (Fsp3) is 0.312. The van der Waals surface area contributed by atoms with Crippen LogP contribution in [0, 0.1) is 0 Å². The van der Waals surface area contributed by atoms with E-state index in [0.29, 0.717) is 23.7 Å². The van der Waals surface area contributed by atoms with Crippen molar-refractivity contribution in [1.29, 1.82) is 0 Å². The van der Waals surface area contributed by atoms with Crippen molar-refractivity contribution >= 4 is 28.3 Å². The Labute approximate surface area is 133 Å². The maximum Gasteiger partial charge on any atom is 0.226 e. The largest absolute Gasteiger partial charge is 0.369 e. The van der Waals surface area contributed by atoms with E-state index < -0.39 is 5.91 Å².